The van der Waals surface area contributed by atoms with Gasteiger partial charge in [0.1, 0.15) is 17.6 Å². The first-order valence-electron chi connectivity index (χ1n) is 12.4. The summed E-state index contributed by atoms with van der Waals surface area (Å²) >= 11 is 5.57. The van der Waals surface area contributed by atoms with Crippen LogP contribution in [0.5, 0.6) is 0 Å². The Morgan fingerprint density at radius 3 is 2.42 bits per heavy atom. The van der Waals surface area contributed by atoms with E-state index in [9.17, 15) is 23.6 Å². The molecule has 1 fully saturated rings. The van der Waals surface area contributed by atoms with Crippen LogP contribution in [0.25, 0.3) is 0 Å². The number of benzene rings is 3. The van der Waals surface area contributed by atoms with E-state index in [4.69, 9.17) is 0 Å². The zero-order valence-corrected chi connectivity index (χ0v) is 24.2. The number of hydrogen-bond acceptors (Lipinski definition) is 6. The van der Waals surface area contributed by atoms with Crippen molar-refractivity contribution in [2.24, 2.45) is 5.92 Å². The van der Waals surface area contributed by atoms with Crippen LogP contribution in [0, 0.1) is 18.7 Å². The molecule has 0 saturated carbocycles. The van der Waals surface area contributed by atoms with E-state index in [0.29, 0.717) is 21.3 Å². The molecule has 0 radical (unpaired) electrons. The van der Waals surface area contributed by atoms with Crippen molar-refractivity contribution in [3.05, 3.63) is 109 Å². The topological polar surface area (TPSA) is 88.5 Å². The van der Waals surface area contributed by atoms with Crippen LogP contribution in [0.2, 0.25) is 0 Å². The Kier molecular flexibility index (Phi) is 6.97. The van der Waals surface area contributed by atoms with E-state index in [1.165, 1.54) is 28.8 Å². The lowest BCUT2D eigenvalue weighted by atomic mass is 9.83. The monoisotopic (exact) mass is 637 g/mol. The molecule has 1 N–H and O–H groups in total. The summed E-state index contributed by atoms with van der Waals surface area (Å²) < 4.78 is 15.8. The number of aromatic nitrogens is 1. The third kappa shape index (κ3) is 4.71. The number of halogens is 2. The number of hydrogen-bond donors (Lipinski definition) is 1. The van der Waals surface area contributed by atoms with Crippen molar-refractivity contribution in [3.63, 3.8) is 0 Å². The minimum absolute atomic E-state index is 0.236. The zero-order chi connectivity index (χ0) is 28.1. The van der Waals surface area contributed by atoms with Gasteiger partial charge in [0.15, 0.2) is 0 Å². The Hall–Kier alpha value is -3.54. The van der Waals surface area contributed by atoms with Crippen LogP contribution in [0.4, 0.5) is 15.8 Å². The van der Waals surface area contributed by atoms with E-state index in [1.807, 2.05) is 49.4 Å². The predicted molar refractivity (Wildman–Crippen MR) is 156 cm³/mol. The third-order valence-corrected chi connectivity index (χ3v) is 10.1. The van der Waals surface area contributed by atoms with Crippen LogP contribution >= 0.6 is 39.0 Å². The summed E-state index contributed by atoms with van der Waals surface area (Å²) in [6, 6.07) is 20.0. The van der Waals surface area contributed by atoms with Crippen LogP contribution < -0.4 is 15.1 Å². The second-order valence-corrected chi connectivity index (χ2v) is 12.7. The van der Waals surface area contributed by atoms with Crippen molar-refractivity contribution in [2.75, 3.05) is 10.2 Å². The first-order valence-corrected chi connectivity index (χ1v) is 14.9. The average molecular weight is 639 g/mol. The average Bonchev–Trinajstić information content (AvgIpc) is 3.36. The fraction of sp³-hybridized carbons (Fsp3) is 0.172. The molecule has 3 heterocycles. The Labute approximate surface area is 245 Å². The van der Waals surface area contributed by atoms with Gasteiger partial charge in [0, 0.05) is 21.0 Å². The second-order valence-electron chi connectivity index (χ2n) is 9.62. The quantitative estimate of drug-likeness (QED) is 0.290. The van der Waals surface area contributed by atoms with E-state index < -0.39 is 34.7 Å². The van der Waals surface area contributed by atoms with E-state index >= 15 is 0 Å². The molecule has 3 amide bonds. The number of aryl methyl sites for hydroxylation is 1. The molecule has 4 aromatic rings. The molecular weight excluding hydrogens is 617 g/mol. The van der Waals surface area contributed by atoms with Gasteiger partial charge in [-0.1, -0.05) is 63.3 Å². The maximum atomic E-state index is 13.8. The molecular formula is C29H21BrFN3O4S2. The maximum absolute atomic E-state index is 13.8. The summed E-state index contributed by atoms with van der Waals surface area (Å²) in [6.45, 7) is 1.68. The van der Waals surface area contributed by atoms with Crippen LogP contribution in [0.15, 0.2) is 87.1 Å². The van der Waals surface area contributed by atoms with E-state index in [0.717, 1.165) is 43.6 Å². The minimum Gasteiger partial charge on any atom is -0.325 e. The highest BCUT2D eigenvalue weighted by Crippen LogP contribution is 2.53. The van der Waals surface area contributed by atoms with Crippen molar-refractivity contribution in [1.29, 1.82) is 0 Å². The standard InChI is InChI=1S/C29H21BrFN3O4S2/c1-15-3-2-4-19(13-15)32-21(35)14-33-28-25(40-29(33)38)22(16-5-7-17(30)8-6-16)23-24(39-28)27(37)34(26(23)36)20-11-9-18(31)10-12-20/h2-13,22-24H,14H2,1H3,(H,32,35)/t22-,23-,24+/m0/s1. The first kappa shape index (κ1) is 26.7. The molecule has 0 aliphatic carbocycles. The molecule has 40 heavy (non-hydrogen) atoms. The summed E-state index contributed by atoms with van der Waals surface area (Å²) in [5.74, 6) is -3.04. The van der Waals surface area contributed by atoms with E-state index in [2.05, 4.69) is 21.2 Å². The van der Waals surface area contributed by atoms with Gasteiger partial charge in [0.25, 0.3) is 0 Å². The number of thioether (sulfide) groups is 1. The summed E-state index contributed by atoms with van der Waals surface area (Å²) in [4.78, 5) is 55.2. The number of thiazole rings is 1. The highest BCUT2D eigenvalue weighted by Gasteiger charge is 2.56. The maximum Gasteiger partial charge on any atom is 0.308 e. The number of fused-ring (bicyclic) bond motifs is 2. The van der Waals surface area contributed by atoms with E-state index in [-0.39, 0.29) is 17.3 Å². The molecule has 11 heteroatoms. The Bertz CT molecular complexity index is 1720. The van der Waals surface area contributed by atoms with Gasteiger partial charge >= 0.3 is 4.87 Å². The number of carbonyl (C=O) groups excluding carboxylic acids is 3. The summed E-state index contributed by atoms with van der Waals surface area (Å²) in [5, 5.41) is 2.52. The number of anilines is 2. The molecule has 2 aliphatic heterocycles. The summed E-state index contributed by atoms with van der Waals surface area (Å²) in [5.41, 5.74) is 2.67. The Morgan fingerprint density at radius 1 is 1.00 bits per heavy atom. The van der Waals surface area contributed by atoms with Gasteiger partial charge in [-0.15, -0.1) is 0 Å². The van der Waals surface area contributed by atoms with Crippen LogP contribution in [0.3, 0.4) is 0 Å². The normalized spacial score (nSPS) is 19.9. The van der Waals surface area contributed by atoms with Gasteiger partial charge in [-0.3, -0.25) is 23.7 Å². The highest BCUT2D eigenvalue weighted by atomic mass is 79.9. The number of carbonyl (C=O) groups is 3. The molecule has 3 aromatic carbocycles. The number of rotatable bonds is 5. The van der Waals surface area contributed by atoms with Crippen molar-refractivity contribution >= 4 is 68.1 Å². The first-order chi connectivity index (χ1) is 19.2. The van der Waals surface area contributed by atoms with Crippen molar-refractivity contribution in [2.45, 2.75) is 29.7 Å². The van der Waals surface area contributed by atoms with Crippen molar-refractivity contribution < 1.29 is 18.8 Å². The molecule has 1 saturated heterocycles. The van der Waals surface area contributed by atoms with Gasteiger partial charge in [-0.25, -0.2) is 9.29 Å². The lowest BCUT2D eigenvalue weighted by molar-refractivity contribution is -0.122. The number of amides is 3. The molecule has 202 valence electrons. The Morgan fingerprint density at radius 2 is 1.73 bits per heavy atom. The van der Waals surface area contributed by atoms with Crippen LogP contribution in [0.1, 0.15) is 21.9 Å². The fourth-order valence-corrected chi connectivity index (χ4v) is 8.23. The number of nitrogens with one attached hydrogen (secondary N) is 1. The molecule has 3 atom stereocenters. The van der Waals surface area contributed by atoms with Gasteiger partial charge in [0.2, 0.25) is 17.7 Å². The molecule has 2 aliphatic rings. The second kappa shape index (κ2) is 10.5. The molecule has 0 spiro atoms. The smallest absolute Gasteiger partial charge is 0.308 e. The van der Waals surface area contributed by atoms with Gasteiger partial charge in [-0.2, -0.15) is 0 Å². The molecule has 0 bridgehead atoms. The lowest BCUT2D eigenvalue weighted by Crippen LogP contribution is -2.33. The van der Waals surface area contributed by atoms with Crippen LogP contribution in [-0.4, -0.2) is 27.5 Å². The van der Waals surface area contributed by atoms with Crippen molar-refractivity contribution in [1.82, 2.24) is 4.57 Å². The predicted octanol–water partition coefficient (Wildman–Crippen LogP) is 5.55. The van der Waals surface area contributed by atoms with Gasteiger partial charge in [0.05, 0.1) is 16.6 Å². The summed E-state index contributed by atoms with van der Waals surface area (Å²) in [7, 11) is 0. The van der Waals surface area contributed by atoms with Crippen LogP contribution in [-0.2, 0) is 20.9 Å². The number of imide groups is 1. The summed E-state index contributed by atoms with van der Waals surface area (Å²) in [6.07, 6.45) is 0. The third-order valence-electron chi connectivity index (χ3n) is 6.97. The molecule has 1 aromatic heterocycles. The lowest BCUT2D eigenvalue weighted by Gasteiger charge is -2.30. The Balaban J connectivity index is 1.41. The fourth-order valence-electron chi connectivity index (χ4n) is 5.20. The molecule has 0 unspecified atom stereocenters. The van der Waals surface area contributed by atoms with Gasteiger partial charge in [-0.05, 0) is 66.6 Å². The number of nitrogens with zero attached hydrogens (tertiary/aromatic N) is 2. The zero-order valence-electron chi connectivity index (χ0n) is 21.0. The largest absolute Gasteiger partial charge is 0.325 e. The SMILES string of the molecule is Cc1cccc(NC(=O)Cn2c3c(sc2=O)[C@@H](c2ccc(Br)cc2)[C@@H]2C(=O)N(c4ccc(F)cc4)C(=O)[C@@H]2S3)c1. The van der Waals surface area contributed by atoms with E-state index in [1.54, 1.807) is 6.07 Å². The molecule has 6 rings (SSSR count). The highest BCUT2D eigenvalue weighted by molar-refractivity contribution is 9.10. The molecule has 7 nitrogen and oxygen atoms in total. The van der Waals surface area contributed by atoms with Crippen molar-refractivity contribution in [3.8, 4) is 0 Å². The minimum atomic E-state index is -0.821. The van der Waals surface area contributed by atoms with Gasteiger partial charge < -0.3 is 5.32 Å².